The maximum atomic E-state index is 13.1. The van der Waals surface area contributed by atoms with Crippen LogP contribution in [0.3, 0.4) is 0 Å². The van der Waals surface area contributed by atoms with E-state index in [0.29, 0.717) is 23.9 Å². The van der Waals surface area contributed by atoms with Crippen molar-refractivity contribution >= 4 is 13.7 Å². The first-order valence-electron chi connectivity index (χ1n) is 35.8. The van der Waals surface area contributed by atoms with Crippen LogP contribution in [0, 0.1) is 0 Å². The number of carbonyl (C=O) groups is 1. The summed E-state index contributed by atoms with van der Waals surface area (Å²) in [5.41, 5.74) is 0. The number of phosphoric acid groups is 1. The highest BCUT2D eigenvalue weighted by Crippen LogP contribution is 2.43. The number of hydrogen-bond acceptors (Lipinski definition) is 5. The fraction of sp³-hybridized carbons (Fsp3) is 0.824. The number of aliphatic hydroxyl groups excluding tert-OH is 1. The van der Waals surface area contributed by atoms with E-state index in [-0.39, 0.29) is 19.1 Å². The first-order valence-corrected chi connectivity index (χ1v) is 37.3. The van der Waals surface area contributed by atoms with Gasteiger partial charge in [0.15, 0.2) is 0 Å². The average molecular weight is 1180 g/mol. The molecule has 0 spiro atoms. The van der Waals surface area contributed by atoms with Crippen LogP contribution in [-0.2, 0) is 18.4 Å². The van der Waals surface area contributed by atoms with E-state index < -0.39 is 20.0 Å². The monoisotopic (exact) mass is 1180 g/mol. The van der Waals surface area contributed by atoms with E-state index in [1.54, 1.807) is 0 Å². The van der Waals surface area contributed by atoms with E-state index in [1.165, 1.54) is 238 Å². The van der Waals surface area contributed by atoms with Crippen LogP contribution in [0.25, 0.3) is 0 Å². The number of aliphatic hydroxyl groups is 1. The smallest absolute Gasteiger partial charge is 0.391 e. The number of likely N-dealkylation sites (N-methyl/N-ethyl adjacent to an activating group) is 1. The summed E-state index contributed by atoms with van der Waals surface area (Å²) in [5.74, 6) is -0.138. The highest BCUT2D eigenvalue weighted by atomic mass is 31.2. The molecule has 9 heteroatoms. The molecule has 83 heavy (non-hydrogen) atoms. The van der Waals surface area contributed by atoms with Crippen molar-refractivity contribution in [2.24, 2.45) is 0 Å². The quantitative estimate of drug-likeness (QED) is 0.0243. The van der Waals surface area contributed by atoms with Gasteiger partial charge in [0.2, 0.25) is 5.91 Å². The van der Waals surface area contributed by atoms with E-state index in [1.807, 2.05) is 21.1 Å². The van der Waals surface area contributed by atoms with Crippen LogP contribution in [0.1, 0.15) is 341 Å². The van der Waals surface area contributed by atoms with Crippen molar-refractivity contribution in [2.45, 2.75) is 353 Å². The number of nitrogens with one attached hydrogen (secondary N) is 1. The van der Waals surface area contributed by atoms with Gasteiger partial charge in [0.1, 0.15) is 13.2 Å². The first kappa shape index (κ1) is 80.9. The zero-order valence-corrected chi connectivity index (χ0v) is 56.6. The van der Waals surface area contributed by atoms with Crippen molar-refractivity contribution in [1.82, 2.24) is 5.32 Å². The molecule has 0 saturated carbocycles. The molecule has 0 aliphatic heterocycles. The Balaban J connectivity index is 3.92. The largest absolute Gasteiger partial charge is 0.472 e. The normalized spacial score (nSPS) is 14.1. The molecule has 0 aromatic heterocycles. The third-order valence-electron chi connectivity index (χ3n) is 16.2. The van der Waals surface area contributed by atoms with E-state index in [2.05, 4.69) is 92.1 Å². The van der Waals surface area contributed by atoms with Crippen molar-refractivity contribution in [3.8, 4) is 0 Å². The number of carbonyl (C=O) groups excluding carboxylic acids is 1. The fourth-order valence-electron chi connectivity index (χ4n) is 10.7. The SMILES string of the molecule is CC/C=C\C/C=C\C/C=C\C/C=C\C/C=C\C/C=C\CCCCCCCCCCCCCCCCCCCCCCCCC(=O)NC(COP(=O)(O)OCC[N+](C)(C)C)C(O)CCCCCCCCCCCCCCCCCCCCCC. The van der Waals surface area contributed by atoms with Crippen LogP contribution >= 0.6 is 7.82 Å². The Bertz CT molecular complexity index is 1580. The molecule has 0 bridgehead atoms. The standard InChI is InChI=1S/C74H139N2O6P/c1-6-8-10-12-14-16-18-20-22-24-26-28-29-30-31-32-33-34-35-36-37-38-39-40-41-42-43-44-45-46-47-48-50-52-54-56-58-60-62-64-66-68-74(78)75-72(71-82-83(79,80)81-70-69-76(3,4)5)73(77)67-65-63-61-59-57-55-53-51-49-27-25-23-21-19-17-15-13-11-9-7-2/h8,10,14,16,20,22,26,28,30-31,33-34,72-73,77H,6-7,9,11-13,15,17-19,21,23-25,27,29,32,35-71H2,1-5H3,(H-,75,78,79,80)/p+1/b10-8-,16-14-,22-20-,28-26-,31-30-,34-33-. The number of phosphoric ester groups is 1. The zero-order valence-electron chi connectivity index (χ0n) is 55.7. The van der Waals surface area contributed by atoms with E-state index >= 15 is 0 Å². The van der Waals surface area contributed by atoms with Gasteiger partial charge < -0.3 is 19.8 Å². The molecule has 0 aliphatic carbocycles. The molecule has 8 nitrogen and oxygen atoms in total. The number of rotatable bonds is 66. The molecule has 0 fully saturated rings. The van der Waals surface area contributed by atoms with Crippen molar-refractivity contribution < 1.29 is 32.9 Å². The summed E-state index contributed by atoms with van der Waals surface area (Å²) in [6.07, 6.45) is 90.1. The Morgan fingerprint density at radius 3 is 1.06 bits per heavy atom. The third kappa shape index (κ3) is 67.3. The number of allylic oxidation sites excluding steroid dienone is 12. The van der Waals surface area contributed by atoms with Crippen LogP contribution < -0.4 is 5.32 Å². The van der Waals surface area contributed by atoms with Gasteiger partial charge in [-0.3, -0.25) is 13.8 Å². The van der Waals surface area contributed by atoms with Gasteiger partial charge in [0.25, 0.3) is 0 Å². The lowest BCUT2D eigenvalue weighted by Gasteiger charge is -2.26. The van der Waals surface area contributed by atoms with Crippen molar-refractivity contribution in [1.29, 1.82) is 0 Å². The van der Waals surface area contributed by atoms with Gasteiger partial charge in [-0.15, -0.1) is 0 Å². The zero-order chi connectivity index (χ0) is 60.5. The van der Waals surface area contributed by atoms with Gasteiger partial charge in [-0.25, -0.2) is 4.57 Å². The summed E-state index contributed by atoms with van der Waals surface area (Å²) >= 11 is 0. The predicted octanol–water partition coefficient (Wildman–Crippen LogP) is 22.9. The topological polar surface area (TPSA) is 105 Å². The second kappa shape index (κ2) is 64.4. The Hall–Kier alpha value is -2.06. The van der Waals surface area contributed by atoms with E-state index in [9.17, 15) is 19.4 Å². The summed E-state index contributed by atoms with van der Waals surface area (Å²) in [5, 5.41) is 14.1. The van der Waals surface area contributed by atoms with Crippen molar-refractivity contribution in [3.63, 3.8) is 0 Å². The molecule has 0 aromatic rings. The summed E-state index contributed by atoms with van der Waals surface area (Å²) in [6.45, 7) is 4.82. The lowest BCUT2D eigenvalue weighted by Crippen LogP contribution is -2.46. The van der Waals surface area contributed by atoms with Crippen LogP contribution in [0.4, 0.5) is 0 Å². The van der Waals surface area contributed by atoms with Gasteiger partial charge in [-0.2, -0.15) is 0 Å². The minimum atomic E-state index is -4.33. The molecular weight excluding hydrogens is 1040 g/mol. The lowest BCUT2D eigenvalue weighted by atomic mass is 10.0. The number of quaternary nitrogens is 1. The van der Waals surface area contributed by atoms with Gasteiger partial charge in [0, 0.05) is 6.42 Å². The Kier molecular flexibility index (Phi) is 62.8. The van der Waals surface area contributed by atoms with E-state index in [0.717, 1.165) is 77.0 Å². The summed E-state index contributed by atoms with van der Waals surface area (Å²) in [4.78, 5) is 23.5. The highest BCUT2D eigenvalue weighted by molar-refractivity contribution is 7.47. The number of hydrogen-bond donors (Lipinski definition) is 3. The second-order valence-electron chi connectivity index (χ2n) is 25.6. The highest BCUT2D eigenvalue weighted by Gasteiger charge is 2.28. The Morgan fingerprint density at radius 2 is 0.723 bits per heavy atom. The molecule has 3 unspecified atom stereocenters. The minimum Gasteiger partial charge on any atom is -0.391 e. The van der Waals surface area contributed by atoms with Gasteiger partial charge in [0.05, 0.1) is 39.9 Å². The van der Waals surface area contributed by atoms with Crippen LogP contribution in [0.15, 0.2) is 72.9 Å². The predicted molar refractivity (Wildman–Crippen MR) is 364 cm³/mol. The summed E-state index contributed by atoms with van der Waals surface area (Å²) in [7, 11) is 1.63. The molecule has 486 valence electrons. The molecule has 0 saturated heterocycles. The number of unbranched alkanes of at least 4 members (excludes halogenated alkanes) is 41. The van der Waals surface area contributed by atoms with Crippen LogP contribution in [-0.4, -0.2) is 73.4 Å². The molecule has 3 N–H and O–H groups in total. The van der Waals surface area contributed by atoms with Crippen molar-refractivity contribution in [2.75, 3.05) is 40.9 Å². The van der Waals surface area contributed by atoms with Crippen LogP contribution in [0.5, 0.6) is 0 Å². The maximum absolute atomic E-state index is 13.1. The fourth-order valence-corrected chi connectivity index (χ4v) is 11.4. The minimum absolute atomic E-state index is 0.0757. The third-order valence-corrected chi connectivity index (χ3v) is 17.2. The Labute approximate surface area is 516 Å². The average Bonchev–Trinajstić information content (AvgIpc) is 3.49. The number of amides is 1. The molecule has 0 aromatic carbocycles. The van der Waals surface area contributed by atoms with Gasteiger partial charge in [-0.1, -0.05) is 344 Å². The van der Waals surface area contributed by atoms with E-state index in [4.69, 9.17) is 9.05 Å². The first-order chi connectivity index (χ1) is 40.5. The Morgan fingerprint density at radius 1 is 0.422 bits per heavy atom. The van der Waals surface area contributed by atoms with Crippen LogP contribution in [0.2, 0.25) is 0 Å². The molecule has 0 aliphatic rings. The number of nitrogens with zero attached hydrogens (tertiary/aromatic N) is 1. The molecule has 0 rings (SSSR count). The summed E-state index contributed by atoms with van der Waals surface area (Å²) in [6, 6.07) is -0.762. The van der Waals surface area contributed by atoms with Crippen molar-refractivity contribution in [3.05, 3.63) is 72.9 Å². The molecule has 0 radical (unpaired) electrons. The second-order valence-corrected chi connectivity index (χ2v) is 27.0. The molecular formula is C74H140N2O6P+. The lowest BCUT2D eigenvalue weighted by molar-refractivity contribution is -0.870. The maximum Gasteiger partial charge on any atom is 0.472 e. The summed E-state index contributed by atoms with van der Waals surface area (Å²) < 4.78 is 23.9. The molecule has 1 amide bonds. The van der Waals surface area contributed by atoms with Gasteiger partial charge >= 0.3 is 7.82 Å². The molecule has 3 atom stereocenters. The molecule has 0 heterocycles. The van der Waals surface area contributed by atoms with Gasteiger partial charge in [-0.05, 0) is 64.2 Å².